The topological polar surface area (TPSA) is 144 Å². The zero-order chi connectivity index (χ0) is 19.7. The first-order chi connectivity index (χ1) is 12.8. The van der Waals surface area contributed by atoms with Gasteiger partial charge in [0.1, 0.15) is 18.0 Å². The van der Waals surface area contributed by atoms with Crippen LogP contribution in [0.25, 0.3) is 11.2 Å². The number of hydrogen-bond donors (Lipinski definition) is 3. The maximum absolute atomic E-state index is 12.3. The molecule has 11 nitrogen and oxygen atoms in total. The lowest BCUT2D eigenvalue weighted by Crippen LogP contribution is -2.38. The third kappa shape index (κ3) is 3.29. The number of nitrogens with zero attached hydrogens (tertiary/aromatic N) is 5. The van der Waals surface area contributed by atoms with Crippen LogP contribution < -0.4 is 16.7 Å². The summed E-state index contributed by atoms with van der Waals surface area (Å²) in [4.78, 5) is 40.3. The number of aryl methyl sites for hydroxylation is 1. The highest BCUT2D eigenvalue weighted by molar-refractivity contribution is 5.85. The van der Waals surface area contributed by atoms with Gasteiger partial charge in [0.15, 0.2) is 11.2 Å². The number of phenolic OH excluding ortho intramolecular Hbond substituents is 2. The Hall–Kier alpha value is -3.89. The van der Waals surface area contributed by atoms with Crippen LogP contribution in [0, 0.1) is 0 Å². The van der Waals surface area contributed by atoms with Gasteiger partial charge >= 0.3 is 5.69 Å². The fourth-order valence-corrected chi connectivity index (χ4v) is 2.52. The van der Waals surface area contributed by atoms with Crippen LogP contribution in [0.2, 0.25) is 0 Å². The summed E-state index contributed by atoms with van der Waals surface area (Å²) in [6, 6.07) is 3.93. The average Bonchev–Trinajstić information content (AvgIpc) is 3.03. The Morgan fingerprint density at radius 2 is 2.00 bits per heavy atom. The summed E-state index contributed by atoms with van der Waals surface area (Å²) in [6.07, 6.45) is 2.50. The van der Waals surface area contributed by atoms with Crippen molar-refractivity contribution in [3.05, 3.63) is 50.9 Å². The normalized spacial score (nSPS) is 11.3. The molecule has 0 saturated carbocycles. The average molecular weight is 372 g/mol. The summed E-state index contributed by atoms with van der Waals surface area (Å²) in [7, 11) is 2.83. The summed E-state index contributed by atoms with van der Waals surface area (Å²) >= 11 is 0. The molecule has 0 unspecified atom stereocenters. The Morgan fingerprint density at radius 3 is 2.70 bits per heavy atom. The zero-order valence-electron chi connectivity index (χ0n) is 14.4. The largest absolute Gasteiger partial charge is 0.508 e. The van der Waals surface area contributed by atoms with Crippen LogP contribution in [-0.4, -0.2) is 41.0 Å². The van der Waals surface area contributed by atoms with Crippen molar-refractivity contribution in [2.45, 2.75) is 6.54 Å². The SMILES string of the molecule is Cn1c(=O)c2c(ncn2CC(=O)N/N=C/c2ccc(O)cc2O)n(C)c1=O. The highest BCUT2D eigenvalue weighted by atomic mass is 16.3. The number of carbonyl (C=O) groups excluding carboxylic acids is 1. The smallest absolute Gasteiger partial charge is 0.332 e. The highest BCUT2D eigenvalue weighted by Gasteiger charge is 2.15. The molecule has 2 aromatic heterocycles. The number of hydrazone groups is 1. The second kappa shape index (κ2) is 6.78. The summed E-state index contributed by atoms with van der Waals surface area (Å²) in [6.45, 7) is -0.247. The summed E-state index contributed by atoms with van der Waals surface area (Å²) in [5.41, 5.74) is 1.79. The molecule has 3 N–H and O–H groups in total. The van der Waals surface area contributed by atoms with Crippen molar-refractivity contribution in [2.24, 2.45) is 19.2 Å². The number of rotatable bonds is 4. The molecule has 2 heterocycles. The van der Waals surface area contributed by atoms with E-state index in [2.05, 4.69) is 15.5 Å². The predicted molar refractivity (Wildman–Crippen MR) is 95.7 cm³/mol. The number of nitrogens with one attached hydrogen (secondary N) is 1. The minimum absolute atomic E-state index is 0.100. The number of benzene rings is 1. The maximum atomic E-state index is 12.3. The van der Waals surface area contributed by atoms with Crippen molar-refractivity contribution >= 4 is 23.3 Å². The van der Waals surface area contributed by atoms with E-state index in [0.29, 0.717) is 5.56 Å². The third-order valence-corrected chi connectivity index (χ3v) is 3.94. The molecule has 0 aliphatic rings. The molecule has 3 aromatic rings. The fourth-order valence-electron chi connectivity index (χ4n) is 2.52. The van der Waals surface area contributed by atoms with E-state index in [1.807, 2.05) is 0 Å². The van der Waals surface area contributed by atoms with Gasteiger partial charge in [-0.3, -0.25) is 18.7 Å². The molecular formula is C16H16N6O5. The minimum atomic E-state index is -0.559. The van der Waals surface area contributed by atoms with E-state index in [1.165, 1.54) is 47.9 Å². The lowest BCUT2D eigenvalue weighted by atomic mass is 10.2. The number of fused-ring (bicyclic) bond motifs is 1. The van der Waals surface area contributed by atoms with E-state index in [-0.39, 0.29) is 29.2 Å². The molecule has 1 aromatic carbocycles. The number of phenols is 2. The van der Waals surface area contributed by atoms with Crippen LogP contribution in [0.4, 0.5) is 0 Å². The Balaban J connectivity index is 1.80. The van der Waals surface area contributed by atoms with Crippen molar-refractivity contribution in [3.8, 4) is 11.5 Å². The van der Waals surface area contributed by atoms with Gasteiger partial charge in [0, 0.05) is 25.7 Å². The van der Waals surface area contributed by atoms with Crippen LogP contribution in [0.15, 0.2) is 39.2 Å². The van der Waals surface area contributed by atoms with Gasteiger partial charge in [0.2, 0.25) is 0 Å². The van der Waals surface area contributed by atoms with E-state index in [0.717, 1.165) is 10.6 Å². The number of amides is 1. The van der Waals surface area contributed by atoms with Crippen molar-refractivity contribution < 1.29 is 15.0 Å². The van der Waals surface area contributed by atoms with Gasteiger partial charge in [-0.2, -0.15) is 5.10 Å². The lowest BCUT2D eigenvalue weighted by Gasteiger charge is -2.06. The molecule has 27 heavy (non-hydrogen) atoms. The number of imidazole rings is 1. The standard InChI is InChI=1S/C16H16N6O5/c1-20-14-13(15(26)21(2)16(20)27)22(8-17-14)7-12(25)19-18-6-9-3-4-10(23)5-11(9)24/h3-6,8,23-24H,7H2,1-2H3,(H,19,25)/b18-6+. The number of carbonyl (C=O) groups is 1. The van der Waals surface area contributed by atoms with Crippen molar-refractivity contribution in [1.29, 1.82) is 0 Å². The van der Waals surface area contributed by atoms with Gasteiger partial charge in [-0.25, -0.2) is 15.2 Å². The molecule has 140 valence electrons. The predicted octanol–water partition coefficient (Wildman–Crippen LogP) is -1.00. The van der Waals surface area contributed by atoms with Gasteiger partial charge in [0.05, 0.1) is 12.5 Å². The monoisotopic (exact) mass is 372 g/mol. The Labute approximate surface area is 151 Å². The molecule has 0 atom stereocenters. The van der Waals surface area contributed by atoms with E-state index in [4.69, 9.17) is 0 Å². The molecule has 11 heteroatoms. The van der Waals surface area contributed by atoms with Gasteiger partial charge in [0.25, 0.3) is 11.5 Å². The molecular weight excluding hydrogens is 356 g/mol. The molecule has 1 amide bonds. The fraction of sp³-hybridized carbons (Fsp3) is 0.188. The third-order valence-electron chi connectivity index (χ3n) is 3.94. The molecule has 0 radical (unpaired) electrons. The number of aromatic hydroxyl groups is 2. The molecule has 0 aliphatic heterocycles. The molecule has 0 spiro atoms. The van der Waals surface area contributed by atoms with Crippen LogP contribution in [0.1, 0.15) is 5.56 Å². The van der Waals surface area contributed by atoms with Gasteiger partial charge in [-0.1, -0.05) is 0 Å². The maximum Gasteiger partial charge on any atom is 0.332 e. The van der Waals surface area contributed by atoms with Crippen molar-refractivity contribution in [1.82, 2.24) is 24.1 Å². The van der Waals surface area contributed by atoms with Crippen LogP contribution in [-0.2, 0) is 25.4 Å². The Morgan fingerprint density at radius 1 is 1.26 bits per heavy atom. The van der Waals surface area contributed by atoms with E-state index in [1.54, 1.807) is 0 Å². The van der Waals surface area contributed by atoms with Crippen molar-refractivity contribution in [2.75, 3.05) is 0 Å². The first kappa shape index (κ1) is 17.9. The van der Waals surface area contributed by atoms with Gasteiger partial charge < -0.3 is 14.8 Å². The second-order valence-corrected chi connectivity index (χ2v) is 5.79. The summed E-state index contributed by atoms with van der Waals surface area (Å²) in [5.74, 6) is -0.839. The number of aromatic nitrogens is 4. The minimum Gasteiger partial charge on any atom is -0.508 e. The zero-order valence-corrected chi connectivity index (χ0v) is 14.4. The summed E-state index contributed by atoms with van der Waals surface area (Å²) < 4.78 is 3.47. The molecule has 0 fully saturated rings. The second-order valence-electron chi connectivity index (χ2n) is 5.79. The summed E-state index contributed by atoms with van der Waals surface area (Å²) in [5, 5.41) is 22.6. The lowest BCUT2D eigenvalue weighted by molar-refractivity contribution is -0.121. The van der Waals surface area contributed by atoms with E-state index >= 15 is 0 Å². The first-order valence-electron chi connectivity index (χ1n) is 7.74. The highest BCUT2D eigenvalue weighted by Crippen LogP contribution is 2.20. The Bertz CT molecular complexity index is 1190. The van der Waals surface area contributed by atoms with Gasteiger partial charge in [-0.05, 0) is 12.1 Å². The van der Waals surface area contributed by atoms with E-state index < -0.39 is 17.2 Å². The Kier molecular flexibility index (Phi) is 4.50. The quantitative estimate of drug-likeness (QED) is 0.396. The van der Waals surface area contributed by atoms with Crippen molar-refractivity contribution in [3.63, 3.8) is 0 Å². The molecule has 0 aliphatic carbocycles. The molecule has 0 bridgehead atoms. The molecule has 0 saturated heterocycles. The molecule has 3 rings (SSSR count). The van der Waals surface area contributed by atoms with Crippen LogP contribution in [0.5, 0.6) is 11.5 Å². The van der Waals surface area contributed by atoms with E-state index in [9.17, 15) is 24.6 Å². The van der Waals surface area contributed by atoms with Crippen LogP contribution in [0.3, 0.4) is 0 Å². The van der Waals surface area contributed by atoms with Crippen LogP contribution >= 0.6 is 0 Å². The van der Waals surface area contributed by atoms with Gasteiger partial charge in [-0.15, -0.1) is 0 Å². The first-order valence-corrected chi connectivity index (χ1v) is 7.74. The number of hydrogen-bond acceptors (Lipinski definition) is 7.